The van der Waals surface area contributed by atoms with Gasteiger partial charge in [0.2, 0.25) is 5.91 Å². The molecule has 0 aliphatic rings. The topological polar surface area (TPSA) is 103 Å². The van der Waals surface area contributed by atoms with Gasteiger partial charge in [0, 0.05) is 34.4 Å². The number of carbonyl (C=O) groups is 1. The molecule has 0 spiro atoms. The fourth-order valence-corrected chi connectivity index (χ4v) is 3.73. The van der Waals surface area contributed by atoms with Gasteiger partial charge in [-0.15, -0.1) is 16.8 Å². The van der Waals surface area contributed by atoms with E-state index in [-0.39, 0.29) is 11.6 Å². The quantitative estimate of drug-likeness (QED) is 0.209. The van der Waals surface area contributed by atoms with Crippen LogP contribution in [0.5, 0.6) is 0 Å². The van der Waals surface area contributed by atoms with Crippen LogP contribution in [0.1, 0.15) is 6.92 Å². The Morgan fingerprint density at radius 1 is 1.27 bits per heavy atom. The minimum atomic E-state index is -0.487. The highest BCUT2D eigenvalue weighted by atomic mass is 79.9. The van der Waals surface area contributed by atoms with E-state index in [1.54, 1.807) is 13.0 Å². The zero-order valence-corrected chi connectivity index (χ0v) is 18.4. The molecule has 8 nitrogen and oxygen atoms in total. The second kappa shape index (κ2) is 9.68. The molecule has 154 valence electrons. The molecule has 0 radical (unpaired) electrons. The number of nitro groups is 1. The Morgan fingerprint density at radius 2 is 1.93 bits per heavy atom. The number of allylic oxidation sites excluding steroid dienone is 1. The average Bonchev–Trinajstić information content (AvgIpc) is 3.11. The molecule has 3 rings (SSSR count). The van der Waals surface area contributed by atoms with Crippen LogP contribution in [0, 0.1) is 10.1 Å². The molecule has 1 amide bonds. The highest BCUT2D eigenvalue weighted by Crippen LogP contribution is 2.28. The van der Waals surface area contributed by atoms with Gasteiger partial charge in [-0.3, -0.25) is 19.5 Å². The Balaban J connectivity index is 1.74. The van der Waals surface area contributed by atoms with Crippen LogP contribution in [0.3, 0.4) is 0 Å². The number of hydrogen-bond acceptors (Lipinski definition) is 6. The zero-order chi connectivity index (χ0) is 21.7. The first kappa shape index (κ1) is 21.7. The predicted octanol–water partition coefficient (Wildman–Crippen LogP) is 4.92. The van der Waals surface area contributed by atoms with E-state index < -0.39 is 10.2 Å². The Morgan fingerprint density at radius 3 is 2.53 bits per heavy atom. The number of carbonyl (C=O) groups excluding carboxylic acids is 1. The van der Waals surface area contributed by atoms with Gasteiger partial charge >= 0.3 is 0 Å². The van der Waals surface area contributed by atoms with Gasteiger partial charge in [-0.2, -0.15) is 0 Å². The largest absolute Gasteiger partial charge is 0.325 e. The van der Waals surface area contributed by atoms with E-state index in [2.05, 4.69) is 38.0 Å². The van der Waals surface area contributed by atoms with Crippen molar-refractivity contribution in [2.75, 3.05) is 5.32 Å². The van der Waals surface area contributed by atoms with Crippen LogP contribution in [0.15, 0.2) is 70.8 Å². The van der Waals surface area contributed by atoms with Crippen molar-refractivity contribution in [3.05, 3.63) is 75.8 Å². The smallest absolute Gasteiger partial charge is 0.269 e. The van der Waals surface area contributed by atoms with Crippen molar-refractivity contribution in [1.29, 1.82) is 0 Å². The first-order valence-electron chi connectivity index (χ1n) is 8.91. The summed E-state index contributed by atoms with van der Waals surface area (Å²) >= 11 is 4.69. The summed E-state index contributed by atoms with van der Waals surface area (Å²) in [6.45, 7) is 6.05. The summed E-state index contributed by atoms with van der Waals surface area (Å²) in [5.74, 6) is 0.445. The van der Waals surface area contributed by atoms with E-state index >= 15 is 0 Å². The van der Waals surface area contributed by atoms with E-state index in [0.717, 1.165) is 10.0 Å². The molecular weight excluding hydrogens is 470 g/mol. The van der Waals surface area contributed by atoms with Crippen LogP contribution < -0.4 is 5.32 Å². The summed E-state index contributed by atoms with van der Waals surface area (Å²) in [6.07, 6.45) is 1.75. The molecule has 0 aliphatic carbocycles. The average molecular weight is 488 g/mol. The zero-order valence-electron chi connectivity index (χ0n) is 16.0. The van der Waals surface area contributed by atoms with Gasteiger partial charge in [0.25, 0.3) is 5.69 Å². The van der Waals surface area contributed by atoms with Crippen molar-refractivity contribution in [3.63, 3.8) is 0 Å². The van der Waals surface area contributed by atoms with E-state index in [9.17, 15) is 14.9 Å². The molecule has 0 saturated carbocycles. The summed E-state index contributed by atoms with van der Waals surface area (Å²) in [7, 11) is 0. The molecule has 1 unspecified atom stereocenters. The summed E-state index contributed by atoms with van der Waals surface area (Å²) < 4.78 is 2.86. The maximum absolute atomic E-state index is 12.6. The first-order valence-corrected chi connectivity index (χ1v) is 10.6. The number of rotatable bonds is 8. The van der Waals surface area contributed by atoms with Gasteiger partial charge < -0.3 is 5.32 Å². The number of aromatic nitrogens is 3. The molecule has 0 aliphatic heterocycles. The van der Waals surface area contributed by atoms with Crippen molar-refractivity contribution in [2.24, 2.45) is 0 Å². The molecule has 0 saturated heterocycles. The number of non-ortho nitro benzene ring substituents is 1. The van der Waals surface area contributed by atoms with Crippen LogP contribution >= 0.6 is 27.7 Å². The number of thioether (sulfide) groups is 1. The second-order valence-corrected chi connectivity index (χ2v) is 8.49. The monoisotopic (exact) mass is 487 g/mol. The van der Waals surface area contributed by atoms with Crippen LogP contribution in [0.4, 0.5) is 11.4 Å². The third kappa shape index (κ3) is 5.14. The van der Waals surface area contributed by atoms with Gasteiger partial charge in [-0.1, -0.05) is 45.9 Å². The Kier molecular flexibility index (Phi) is 7.01. The van der Waals surface area contributed by atoms with Crippen LogP contribution in [-0.4, -0.2) is 30.8 Å². The molecule has 3 aromatic rings. The van der Waals surface area contributed by atoms with Crippen molar-refractivity contribution in [1.82, 2.24) is 14.8 Å². The lowest BCUT2D eigenvalue weighted by Crippen LogP contribution is -2.23. The highest BCUT2D eigenvalue weighted by Gasteiger charge is 2.21. The Bertz CT molecular complexity index is 1070. The summed E-state index contributed by atoms with van der Waals surface area (Å²) in [5.41, 5.74) is 1.36. The van der Waals surface area contributed by atoms with Gasteiger partial charge in [0.05, 0.1) is 10.2 Å². The van der Waals surface area contributed by atoms with Gasteiger partial charge in [0.1, 0.15) is 0 Å². The van der Waals surface area contributed by atoms with Crippen molar-refractivity contribution in [3.8, 4) is 11.4 Å². The minimum absolute atomic E-state index is 0.0339. The van der Waals surface area contributed by atoms with Gasteiger partial charge in [0.15, 0.2) is 11.0 Å². The van der Waals surface area contributed by atoms with Crippen LogP contribution in [-0.2, 0) is 11.3 Å². The molecule has 0 bridgehead atoms. The fraction of sp³-hybridized carbons (Fsp3) is 0.150. The summed E-state index contributed by atoms with van der Waals surface area (Å²) in [4.78, 5) is 22.8. The van der Waals surface area contributed by atoms with Crippen LogP contribution in [0.2, 0.25) is 0 Å². The summed E-state index contributed by atoms with van der Waals surface area (Å²) in [6, 6.07) is 13.4. The lowest BCUT2D eigenvalue weighted by atomic mass is 10.2. The molecule has 30 heavy (non-hydrogen) atoms. The highest BCUT2D eigenvalue weighted by molar-refractivity contribution is 9.10. The predicted molar refractivity (Wildman–Crippen MR) is 120 cm³/mol. The number of nitrogens with zero attached hydrogens (tertiary/aromatic N) is 4. The lowest BCUT2D eigenvalue weighted by molar-refractivity contribution is -0.384. The maximum Gasteiger partial charge on any atom is 0.269 e. The standard InChI is InChI=1S/C20H18BrN5O3S/c1-3-12-25-18(14-4-6-15(21)7-5-14)23-24-20(25)30-13(2)19(27)22-16-8-10-17(11-9-16)26(28)29/h3-11,13H,1,12H2,2H3,(H,22,27). The number of nitrogens with one attached hydrogen (secondary N) is 1. The second-order valence-electron chi connectivity index (χ2n) is 6.27. The molecule has 1 aromatic heterocycles. The number of hydrogen-bond donors (Lipinski definition) is 1. The number of benzene rings is 2. The normalized spacial score (nSPS) is 11.7. The minimum Gasteiger partial charge on any atom is -0.325 e. The van der Waals surface area contributed by atoms with E-state index in [1.807, 2.05) is 28.8 Å². The first-order chi connectivity index (χ1) is 14.4. The number of halogens is 1. The van der Waals surface area contributed by atoms with E-state index in [1.165, 1.54) is 36.0 Å². The third-order valence-electron chi connectivity index (χ3n) is 4.13. The Hall–Kier alpha value is -2.98. The maximum atomic E-state index is 12.6. The number of amides is 1. The SMILES string of the molecule is C=CCn1c(SC(C)C(=O)Nc2ccc([N+](=O)[O-])cc2)nnc1-c1ccc(Br)cc1. The molecule has 10 heteroatoms. The van der Waals surface area contributed by atoms with Crippen molar-refractivity contribution < 1.29 is 9.72 Å². The van der Waals surface area contributed by atoms with Crippen molar-refractivity contribution >= 4 is 45.0 Å². The number of anilines is 1. The third-order valence-corrected chi connectivity index (χ3v) is 5.74. The molecule has 2 aromatic carbocycles. The fourth-order valence-electron chi connectivity index (χ4n) is 2.60. The lowest BCUT2D eigenvalue weighted by Gasteiger charge is -2.13. The Labute approximate surface area is 185 Å². The van der Waals surface area contributed by atoms with E-state index in [4.69, 9.17) is 0 Å². The van der Waals surface area contributed by atoms with Gasteiger partial charge in [-0.25, -0.2) is 0 Å². The molecule has 1 N–H and O–H groups in total. The van der Waals surface area contributed by atoms with E-state index in [0.29, 0.717) is 23.2 Å². The molecule has 0 fully saturated rings. The van der Waals surface area contributed by atoms with Crippen molar-refractivity contribution in [2.45, 2.75) is 23.9 Å². The number of nitro benzene ring substituents is 1. The van der Waals surface area contributed by atoms with Crippen LogP contribution in [0.25, 0.3) is 11.4 Å². The van der Waals surface area contributed by atoms with Gasteiger partial charge in [-0.05, 0) is 31.2 Å². The molecule has 1 atom stereocenters. The summed E-state index contributed by atoms with van der Waals surface area (Å²) in [5, 5.41) is 22.2. The molecule has 1 heterocycles. The molecular formula is C20H18BrN5O3S.